The molecule has 0 saturated heterocycles. The molecule has 2 saturated carbocycles. The molecule has 3 aliphatic rings. The molecule has 1 unspecified atom stereocenters. The Morgan fingerprint density at radius 2 is 1.42 bits per heavy atom. The molecule has 0 radical (unpaired) electrons. The largest absolute Gasteiger partial charge is 0.481 e. The van der Waals surface area contributed by atoms with Gasteiger partial charge >= 0.3 is 5.97 Å². The Morgan fingerprint density at radius 3 is 2.06 bits per heavy atom. The van der Waals surface area contributed by atoms with Crippen LogP contribution in [0.1, 0.15) is 93.7 Å². The highest BCUT2D eigenvalue weighted by Gasteiger charge is 2.20. The Hall–Kier alpha value is -1.78. The summed E-state index contributed by atoms with van der Waals surface area (Å²) in [6.07, 6.45) is 16.6. The van der Waals surface area contributed by atoms with Crippen molar-refractivity contribution in [3.8, 4) is 0 Å². The predicted molar refractivity (Wildman–Crippen MR) is 137 cm³/mol. The lowest BCUT2D eigenvalue weighted by Crippen LogP contribution is -2.40. The summed E-state index contributed by atoms with van der Waals surface area (Å²) in [6, 6.07) is 16.3. The van der Waals surface area contributed by atoms with Gasteiger partial charge in [0.05, 0.1) is 5.92 Å². The number of hydrogen-bond donors (Lipinski definition) is 2. The Labute approximate surface area is 203 Å². The molecule has 0 bridgehead atoms. The molecule has 1 atom stereocenters. The minimum absolute atomic E-state index is 0.448. The van der Waals surface area contributed by atoms with Gasteiger partial charge in [0.25, 0.3) is 0 Å². The van der Waals surface area contributed by atoms with E-state index >= 15 is 0 Å². The van der Waals surface area contributed by atoms with Gasteiger partial charge in [-0.3, -0.25) is 4.79 Å². The third kappa shape index (κ3) is 6.86. The molecular weight excluding hydrogens is 426 g/mol. The Balaban J connectivity index is 0.000000172. The Kier molecular flexibility index (Phi) is 8.91. The van der Waals surface area contributed by atoms with Crippen LogP contribution in [0.15, 0.2) is 52.3 Å². The molecule has 33 heavy (non-hydrogen) atoms. The average molecular weight is 466 g/mol. The zero-order valence-corrected chi connectivity index (χ0v) is 20.8. The van der Waals surface area contributed by atoms with Crippen LogP contribution in [0.2, 0.25) is 0 Å². The first-order valence-corrected chi connectivity index (χ1v) is 13.8. The zero-order valence-electron chi connectivity index (χ0n) is 20.0. The van der Waals surface area contributed by atoms with E-state index in [0.29, 0.717) is 0 Å². The highest BCUT2D eigenvalue weighted by Crippen LogP contribution is 2.38. The number of carboxylic acids is 1. The van der Waals surface area contributed by atoms with Crippen LogP contribution in [0.4, 0.5) is 0 Å². The van der Waals surface area contributed by atoms with Crippen LogP contribution in [-0.2, 0) is 17.6 Å². The first-order valence-electron chi connectivity index (χ1n) is 13.0. The van der Waals surface area contributed by atoms with Crippen molar-refractivity contribution in [3.05, 3.63) is 59.2 Å². The van der Waals surface area contributed by atoms with Crippen LogP contribution in [0, 0.1) is 0 Å². The van der Waals surface area contributed by atoms with Crippen LogP contribution >= 0.6 is 11.8 Å². The topological polar surface area (TPSA) is 49.3 Å². The van der Waals surface area contributed by atoms with Gasteiger partial charge < -0.3 is 10.4 Å². The van der Waals surface area contributed by atoms with Crippen molar-refractivity contribution in [3.63, 3.8) is 0 Å². The maximum absolute atomic E-state index is 11.1. The van der Waals surface area contributed by atoms with E-state index in [0.717, 1.165) is 30.5 Å². The van der Waals surface area contributed by atoms with Crippen LogP contribution in [-0.4, -0.2) is 23.2 Å². The molecule has 0 spiro atoms. The minimum Gasteiger partial charge on any atom is -0.481 e. The second kappa shape index (κ2) is 12.1. The van der Waals surface area contributed by atoms with E-state index in [9.17, 15) is 4.79 Å². The quantitative estimate of drug-likeness (QED) is 0.495. The fraction of sp³-hybridized carbons (Fsp3) is 0.552. The van der Waals surface area contributed by atoms with Gasteiger partial charge in [-0.2, -0.15) is 0 Å². The van der Waals surface area contributed by atoms with E-state index < -0.39 is 11.9 Å². The average Bonchev–Trinajstić information content (AvgIpc) is 3.04. The normalized spacial score (nSPS) is 19.9. The maximum Gasteiger partial charge on any atom is 0.310 e. The van der Waals surface area contributed by atoms with Crippen LogP contribution < -0.4 is 5.32 Å². The molecule has 5 rings (SSSR count). The fourth-order valence-electron chi connectivity index (χ4n) is 5.38. The fourth-order valence-corrected chi connectivity index (χ4v) is 6.49. The lowest BCUT2D eigenvalue weighted by Gasteiger charge is -2.30. The van der Waals surface area contributed by atoms with E-state index in [1.807, 2.05) is 6.07 Å². The van der Waals surface area contributed by atoms with Gasteiger partial charge in [0.15, 0.2) is 0 Å². The van der Waals surface area contributed by atoms with Gasteiger partial charge in [-0.1, -0.05) is 80.6 Å². The smallest absolute Gasteiger partial charge is 0.310 e. The van der Waals surface area contributed by atoms with Crippen LogP contribution in [0.3, 0.4) is 0 Å². The summed E-state index contributed by atoms with van der Waals surface area (Å²) in [4.78, 5) is 13.7. The van der Waals surface area contributed by atoms with Crippen molar-refractivity contribution in [1.82, 2.24) is 5.32 Å². The first kappa shape index (κ1) is 24.3. The van der Waals surface area contributed by atoms with Gasteiger partial charge in [0.1, 0.15) is 0 Å². The van der Waals surface area contributed by atoms with E-state index in [1.165, 1.54) is 85.1 Å². The summed E-state index contributed by atoms with van der Waals surface area (Å²) in [5.41, 5.74) is 3.53. The zero-order chi connectivity index (χ0) is 23.0. The number of aliphatic carboxylic acids is 1. The summed E-state index contributed by atoms with van der Waals surface area (Å²) < 4.78 is 0. The molecule has 2 N–H and O–H groups in total. The van der Waals surface area contributed by atoms with Crippen LogP contribution in [0.5, 0.6) is 0 Å². The van der Waals surface area contributed by atoms with Crippen molar-refractivity contribution in [2.24, 2.45) is 0 Å². The third-order valence-corrected chi connectivity index (χ3v) is 8.73. The number of benzene rings is 2. The maximum atomic E-state index is 11.1. The number of rotatable bonds is 4. The van der Waals surface area contributed by atoms with Crippen molar-refractivity contribution < 1.29 is 9.90 Å². The second-order valence-corrected chi connectivity index (χ2v) is 11.1. The van der Waals surface area contributed by atoms with Gasteiger partial charge in [0, 0.05) is 21.9 Å². The molecule has 4 heteroatoms. The Morgan fingerprint density at radius 1 is 0.848 bits per heavy atom. The third-order valence-electron chi connectivity index (χ3n) is 7.49. The minimum atomic E-state index is -0.769. The molecule has 2 aromatic rings. The van der Waals surface area contributed by atoms with E-state index in [2.05, 4.69) is 41.7 Å². The van der Waals surface area contributed by atoms with Crippen LogP contribution in [0.25, 0.3) is 0 Å². The summed E-state index contributed by atoms with van der Waals surface area (Å²) >= 11 is 1.78. The molecule has 2 fully saturated rings. The monoisotopic (exact) mass is 465 g/mol. The SMILES string of the molecule is C1CCC(NC2CCCCC2)CC1.CC(C(=O)O)c1ccc2c(c1)CCc1ccccc1S2. The number of aryl methyl sites for hydroxylation is 2. The molecule has 0 amide bonds. The van der Waals surface area contributed by atoms with Crippen molar-refractivity contribution in [2.45, 2.75) is 112 Å². The molecule has 178 valence electrons. The molecule has 1 heterocycles. The van der Waals surface area contributed by atoms with Gasteiger partial charge in [-0.15, -0.1) is 0 Å². The van der Waals surface area contributed by atoms with Gasteiger partial charge in [0.2, 0.25) is 0 Å². The molecule has 1 aliphatic heterocycles. The summed E-state index contributed by atoms with van der Waals surface area (Å²) in [7, 11) is 0. The number of carboxylic acid groups (broad SMARTS) is 1. The standard InChI is InChI=1S/C17H16O2S.C12H23N/c1-11(17(18)19)13-8-9-16-14(10-13)7-6-12-4-2-3-5-15(12)20-16;1-3-7-11(8-4-1)13-12-9-5-2-6-10-12/h2-5,8-11H,6-7H2,1H3,(H,18,19);11-13H,1-10H2. The molecular formula is C29H39NO2S. The number of carbonyl (C=O) groups is 1. The highest BCUT2D eigenvalue weighted by molar-refractivity contribution is 7.99. The second-order valence-electron chi connectivity index (χ2n) is 9.97. The van der Waals surface area contributed by atoms with Crippen molar-refractivity contribution in [2.75, 3.05) is 0 Å². The number of nitrogens with one attached hydrogen (secondary N) is 1. The molecule has 0 aromatic heterocycles. The molecule has 3 nitrogen and oxygen atoms in total. The Bertz CT molecular complexity index is 900. The van der Waals surface area contributed by atoms with E-state index in [4.69, 9.17) is 5.11 Å². The van der Waals surface area contributed by atoms with Gasteiger partial charge in [-0.25, -0.2) is 0 Å². The van der Waals surface area contributed by atoms with Gasteiger partial charge in [-0.05, 0) is 74.3 Å². The van der Waals surface area contributed by atoms with E-state index in [1.54, 1.807) is 18.7 Å². The molecule has 2 aromatic carbocycles. The summed E-state index contributed by atoms with van der Waals surface area (Å²) in [5.74, 6) is -1.22. The molecule has 2 aliphatic carbocycles. The number of fused-ring (bicyclic) bond motifs is 2. The summed E-state index contributed by atoms with van der Waals surface area (Å²) in [5, 5.41) is 13.0. The predicted octanol–water partition coefficient (Wildman–Crippen LogP) is 7.37. The van der Waals surface area contributed by atoms with Crippen molar-refractivity contribution >= 4 is 17.7 Å². The van der Waals surface area contributed by atoms with Crippen molar-refractivity contribution in [1.29, 1.82) is 0 Å². The lowest BCUT2D eigenvalue weighted by atomic mass is 9.91. The number of hydrogen-bond acceptors (Lipinski definition) is 3. The van der Waals surface area contributed by atoms with E-state index in [-0.39, 0.29) is 0 Å². The highest BCUT2D eigenvalue weighted by atomic mass is 32.2. The lowest BCUT2D eigenvalue weighted by molar-refractivity contribution is -0.138. The first-order chi connectivity index (χ1) is 16.1. The summed E-state index contributed by atoms with van der Waals surface area (Å²) in [6.45, 7) is 1.74.